The smallest absolute Gasteiger partial charge is 0.180 e. The summed E-state index contributed by atoms with van der Waals surface area (Å²) in [5, 5.41) is 20.7. The third-order valence-electron chi connectivity index (χ3n) is 3.84. The van der Waals surface area contributed by atoms with Crippen LogP contribution in [0.3, 0.4) is 0 Å². The van der Waals surface area contributed by atoms with Crippen LogP contribution in [0.2, 0.25) is 0 Å². The Balaban J connectivity index is 2.65. The zero-order chi connectivity index (χ0) is 17.4. The van der Waals surface area contributed by atoms with Gasteiger partial charge in [0.2, 0.25) is 0 Å². The van der Waals surface area contributed by atoms with Crippen molar-refractivity contribution >= 4 is 10.8 Å². The fourth-order valence-electron chi connectivity index (χ4n) is 2.52. The number of benzene rings is 2. The highest BCUT2D eigenvalue weighted by molar-refractivity contribution is 5.97. The van der Waals surface area contributed by atoms with E-state index in [-0.39, 0.29) is 5.56 Å². The minimum Gasteiger partial charge on any atom is -0.489 e. The molecule has 0 amide bonds. The van der Waals surface area contributed by atoms with Crippen LogP contribution in [0.4, 0.5) is 0 Å². The van der Waals surface area contributed by atoms with Gasteiger partial charge >= 0.3 is 0 Å². The average Bonchev–Trinajstić information content (AvgIpc) is 2.62. The molecule has 2 rings (SSSR count). The summed E-state index contributed by atoms with van der Waals surface area (Å²) in [5.41, 5.74) is 0.612. The third-order valence-corrected chi connectivity index (χ3v) is 3.84. The van der Waals surface area contributed by atoms with E-state index in [0.29, 0.717) is 30.3 Å². The van der Waals surface area contributed by atoms with Crippen molar-refractivity contribution in [2.75, 3.05) is 13.2 Å². The summed E-state index contributed by atoms with van der Waals surface area (Å²) < 4.78 is 11.9. The predicted molar refractivity (Wildman–Crippen MR) is 94.2 cm³/mol. The zero-order valence-electron chi connectivity index (χ0n) is 14.3. The summed E-state index contributed by atoms with van der Waals surface area (Å²) >= 11 is 0. The molecular formula is C20H22N2O2. The Bertz CT molecular complexity index is 785. The quantitative estimate of drug-likeness (QED) is 0.646. The van der Waals surface area contributed by atoms with Crippen LogP contribution in [0.5, 0.6) is 11.5 Å². The molecule has 4 nitrogen and oxygen atoms in total. The first-order chi connectivity index (χ1) is 11.8. The van der Waals surface area contributed by atoms with E-state index in [4.69, 9.17) is 9.47 Å². The highest BCUT2D eigenvalue weighted by atomic mass is 16.5. The van der Waals surface area contributed by atoms with Crippen LogP contribution in [0.1, 0.15) is 50.7 Å². The molecule has 2 aromatic rings. The van der Waals surface area contributed by atoms with Crippen LogP contribution in [0, 0.1) is 22.7 Å². The Hall–Kier alpha value is -2.72. The second-order valence-electron chi connectivity index (χ2n) is 5.58. The third kappa shape index (κ3) is 3.60. The van der Waals surface area contributed by atoms with Gasteiger partial charge in [-0.15, -0.1) is 0 Å². The Morgan fingerprint density at radius 1 is 0.792 bits per heavy atom. The topological polar surface area (TPSA) is 66.0 Å². The summed E-state index contributed by atoms with van der Waals surface area (Å²) in [6, 6.07) is 11.8. The van der Waals surface area contributed by atoms with Gasteiger partial charge in [0.1, 0.15) is 17.7 Å². The molecular weight excluding hydrogens is 300 g/mol. The molecule has 0 aromatic heterocycles. The highest BCUT2D eigenvalue weighted by Gasteiger charge is 2.21. The molecule has 4 heteroatoms. The van der Waals surface area contributed by atoms with E-state index in [9.17, 15) is 10.5 Å². The summed E-state index contributed by atoms with van der Waals surface area (Å²) in [6.45, 7) is 5.23. The molecule has 0 saturated heterocycles. The van der Waals surface area contributed by atoms with Gasteiger partial charge in [-0.3, -0.25) is 0 Å². The van der Waals surface area contributed by atoms with Crippen molar-refractivity contribution in [1.29, 1.82) is 10.5 Å². The fraction of sp³-hybridized carbons (Fsp3) is 0.400. The number of fused-ring (bicyclic) bond motifs is 1. The second-order valence-corrected chi connectivity index (χ2v) is 5.58. The summed E-state index contributed by atoms with van der Waals surface area (Å²) in [5.74, 6) is 0.975. The van der Waals surface area contributed by atoms with Crippen LogP contribution < -0.4 is 9.47 Å². The van der Waals surface area contributed by atoms with Crippen molar-refractivity contribution in [3.63, 3.8) is 0 Å². The minimum absolute atomic E-state index is 0.263. The van der Waals surface area contributed by atoms with Crippen molar-refractivity contribution in [2.45, 2.75) is 39.5 Å². The van der Waals surface area contributed by atoms with Gasteiger partial charge in [-0.25, -0.2) is 0 Å². The molecule has 0 aliphatic heterocycles. The zero-order valence-corrected chi connectivity index (χ0v) is 14.3. The molecule has 0 fully saturated rings. The Labute approximate surface area is 143 Å². The van der Waals surface area contributed by atoms with Crippen LogP contribution in [0.25, 0.3) is 10.8 Å². The summed E-state index contributed by atoms with van der Waals surface area (Å²) in [4.78, 5) is 0. The van der Waals surface area contributed by atoms with Crippen LogP contribution in [0.15, 0.2) is 24.3 Å². The number of ether oxygens (including phenoxy) is 2. The number of nitriles is 2. The predicted octanol–water partition coefficient (Wildman–Crippen LogP) is 4.94. The Morgan fingerprint density at radius 2 is 1.33 bits per heavy atom. The summed E-state index contributed by atoms with van der Waals surface area (Å²) in [6.07, 6.45) is 3.82. The van der Waals surface area contributed by atoms with Gasteiger partial charge in [0.05, 0.1) is 18.8 Å². The van der Waals surface area contributed by atoms with E-state index < -0.39 is 0 Å². The molecule has 0 unspecified atom stereocenters. The van der Waals surface area contributed by atoms with Gasteiger partial charge in [0.25, 0.3) is 0 Å². The largest absolute Gasteiger partial charge is 0.489 e. The maximum Gasteiger partial charge on any atom is 0.180 e. The van der Waals surface area contributed by atoms with E-state index in [1.165, 1.54) is 0 Å². The average molecular weight is 322 g/mol. The van der Waals surface area contributed by atoms with Crippen LogP contribution in [-0.4, -0.2) is 13.2 Å². The molecule has 0 saturated carbocycles. The van der Waals surface area contributed by atoms with E-state index in [1.807, 2.05) is 24.3 Å². The molecule has 0 bridgehead atoms. The molecule has 0 heterocycles. The molecule has 0 N–H and O–H groups in total. The van der Waals surface area contributed by atoms with Gasteiger partial charge < -0.3 is 9.47 Å². The minimum atomic E-state index is 0.263. The number of nitrogens with zero attached hydrogens (tertiary/aromatic N) is 2. The molecule has 124 valence electrons. The molecule has 2 aromatic carbocycles. The lowest BCUT2D eigenvalue weighted by Gasteiger charge is -2.17. The van der Waals surface area contributed by atoms with E-state index in [1.54, 1.807) is 0 Å². The van der Waals surface area contributed by atoms with Crippen molar-refractivity contribution in [3.8, 4) is 23.6 Å². The SMILES string of the molecule is CCCCOc1c(C#N)c(C#N)c2ccccc2c1OCCCC. The van der Waals surface area contributed by atoms with Crippen LogP contribution >= 0.6 is 0 Å². The maximum absolute atomic E-state index is 9.61. The molecule has 24 heavy (non-hydrogen) atoms. The van der Waals surface area contributed by atoms with Gasteiger partial charge in [-0.05, 0) is 12.8 Å². The highest BCUT2D eigenvalue weighted by Crippen LogP contribution is 2.41. The lowest BCUT2D eigenvalue weighted by molar-refractivity contribution is 0.264. The molecule has 0 radical (unpaired) electrons. The van der Waals surface area contributed by atoms with E-state index in [0.717, 1.165) is 36.5 Å². The monoisotopic (exact) mass is 322 g/mol. The maximum atomic E-state index is 9.61. The summed E-state index contributed by atoms with van der Waals surface area (Å²) in [7, 11) is 0. The molecule has 0 aliphatic rings. The first kappa shape index (κ1) is 17.6. The van der Waals surface area contributed by atoms with Gasteiger partial charge in [0, 0.05) is 10.8 Å². The fourth-order valence-corrected chi connectivity index (χ4v) is 2.52. The lowest BCUT2D eigenvalue weighted by Crippen LogP contribution is -2.06. The number of rotatable bonds is 8. The van der Waals surface area contributed by atoms with Crippen molar-refractivity contribution in [3.05, 3.63) is 35.4 Å². The van der Waals surface area contributed by atoms with Crippen LogP contribution in [-0.2, 0) is 0 Å². The first-order valence-corrected chi connectivity index (χ1v) is 8.42. The van der Waals surface area contributed by atoms with E-state index >= 15 is 0 Å². The number of hydrogen-bond donors (Lipinski definition) is 0. The molecule has 0 aliphatic carbocycles. The molecule has 0 spiro atoms. The number of unbranched alkanes of at least 4 members (excludes halogenated alkanes) is 2. The van der Waals surface area contributed by atoms with Crippen molar-refractivity contribution in [1.82, 2.24) is 0 Å². The van der Waals surface area contributed by atoms with Gasteiger partial charge in [0.15, 0.2) is 11.5 Å². The molecule has 0 atom stereocenters. The van der Waals surface area contributed by atoms with Gasteiger partial charge in [-0.2, -0.15) is 10.5 Å². The lowest BCUT2D eigenvalue weighted by atomic mass is 9.98. The van der Waals surface area contributed by atoms with Gasteiger partial charge in [-0.1, -0.05) is 51.0 Å². The first-order valence-electron chi connectivity index (χ1n) is 8.42. The number of hydrogen-bond acceptors (Lipinski definition) is 4. The van der Waals surface area contributed by atoms with Crippen molar-refractivity contribution < 1.29 is 9.47 Å². The second kappa shape index (κ2) is 8.79. The Morgan fingerprint density at radius 3 is 1.88 bits per heavy atom. The normalized spacial score (nSPS) is 10.2. The Kier molecular flexibility index (Phi) is 6.46. The van der Waals surface area contributed by atoms with E-state index in [2.05, 4.69) is 26.0 Å². The van der Waals surface area contributed by atoms with Crippen molar-refractivity contribution in [2.24, 2.45) is 0 Å². The standard InChI is InChI=1S/C20H22N2O2/c1-3-5-11-23-19-16-10-8-7-9-15(16)17(13-21)18(14-22)20(19)24-12-6-4-2/h7-10H,3-6,11-12H2,1-2H3.